The molecule has 0 fully saturated rings. The Morgan fingerprint density at radius 3 is 2.63 bits per heavy atom. The zero-order chi connectivity index (χ0) is 14.1. The molecule has 19 heavy (non-hydrogen) atoms. The minimum atomic E-state index is 0.155. The van der Waals surface area contributed by atoms with Gasteiger partial charge in [0.25, 0.3) is 0 Å². The van der Waals surface area contributed by atoms with Crippen molar-refractivity contribution in [3.63, 3.8) is 0 Å². The Morgan fingerprint density at radius 2 is 2.05 bits per heavy atom. The lowest BCUT2D eigenvalue weighted by Gasteiger charge is -2.14. The molecule has 1 rings (SSSR count). The maximum Gasteiger partial charge on any atom is 0.187 e. The fraction of sp³-hybridized carbons (Fsp3) is 0.429. The summed E-state index contributed by atoms with van der Waals surface area (Å²) in [6.07, 6.45) is 0.841. The number of hydrazone groups is 1. The first-order chi connectivity index (χ1) is 9.17. The van der Waals surface area contributed by atoms with E-state index < -0.39 is 0 Å². The van der Waals surface area contributed by atoms with E-state index in [0.717, 1.165) is 17.7 Å². The van der Waals surface area contributed by atoms with Crippen LogP contribution in [0.2, 0.25) is 0 Å². The van der Waals surface area contributed by atoms with Gasteiger partial charge in [0.1, 0.15) is 0 Å². The Kier molecular flexibility index (Phi) is 7.07. The molecule has 0 saturated heterocycles. The molecular formula is C14H21N3OS. The quantitative estimate of drug-likeness (QED) is 0.476. The highest BCUT2D eigenvalue weighted by atomic mass is 32.1. The van der Waals surface area contributed by atoms with E-state index in [1.165, 1.54) is 0 Å². The highest BCUT2D eigenvalue weighted by molar-refractivity contribution is 7.80. The lowest BCUT2D eigenvalue weighted by atomic mass is 10.1. The second-order valence-corrected chi connectivity index (χ2v) is 4.63. The highest BCUT2D eigenvalue weighted by Crippen LogP contribution is 2.03. The van der Waals surface area contributed by atoms with E-state index in [4.69, 9.17) is 17.0 Å². The average molecular weight is 279 g/mol. The lowest BCUT2D eigenvalue weighted by molar-refractivity contribution is 0.179. The number of rotatable bonds is 6. The molecule has 1 aromatic rings. The van der Waals surface area contributed by atoms with Crippen molar-refractivity contribution < 1.29 is 4.74 Å². The smallest absolute Gasteiger partial charge is 0.187 e. The summed E-state index contributed by atoms with van der Waals surface area (Å²) in [5.41, 5.74) is 4.95. The van der Waals surface area contributed by atoms with Crippen molar-refractivity contribution >= 4 is 23.0 Å². The Morgan fingerprint density at radius 1 is 1.37 bits per heavy atom. The summed E-state index contributed by atoms with van der Waals surface area (Å²) in [4.78, 5) is 0. The van der Waals surface area contributed by atoms with E-state index in [1.807, 2.05) is 37.3 Å². The number of ether oxygens (including phenoxy) is 1. The molecule has 0 heterocycles. The number of thiocarbonyl (C=S) groups is 1. The molecule has 0 amide bonds. The monoisotopic (exact) mass is 279 g/mol. The van der Waals surface area contributed by atoms with Gasteiger partial charge in [0, 0.05) is 13.2 Å². The van der Waals surface area contributed by atoms with Crippen LogP contribution in [0.1, 0.15) is 25.8 Å². The minimum Gasteiger partial charge on any atom is -0.383 e. The molecule has 0 aliphatic carbocycles. The fourth-order valence-corrected chi connectivity index (χ4v) is 1.89. The normalized spacial score (nSPS) is 12.9. The van der Waals surface area contributed by atoms with Gasteiger partial charge >= 0.3 is 0 Å². The third-order valence-corrected chi connectivity index (χ3v) is 2.74. The number of methoxy groups -OCH3 is 1. The largest absolute Gasteiger partial charge is 0.383 e. The first-order valence-electron chi connectivity index (χ1n) is 6.34. The van der Waals surface area contributed by atoms with Gasteiger partial charge in [0.05, 0.1) is 12.3 Å². The summed E-state index contributed by atoms with van der Waals surface area (Å²) < 4.78 is 5.03. The van der Waals surface area contributed by atoms with Crippen molar-refractivity contribution in [2.75, 3.05) is 13.7 Å². The second kappa shape index (κ2) is 8.61. The van der Waals surface area contributed by atoms with Gasteiger partial charge in [-0.1, -0.05) is 37.3 Å². The summed E-state index contributed by atoms with van der Waals surface area (Å²) in [7, 11) is 1.66. The Balaban J connectivity index is 2.56. The van der Waals surface area contributed by atoms with Crippen molar-refractivity contribution in [3.8, 4) is 0 Å². The Bertz CT molecular complexity index is 420. The molecule has 0 bridgehead atoms. The predicted octanol–water partition coefficient (Wildman–Crippen LogP) is 2.30. The van der Waals surface area contributed by atoms with Gasteiger partial charge < -0.3 is 10.1 Å². The maximum atomic E-state index is 5.18. The molecule has 1 aromatic carbocycles. The zero-order valence-electron chi connectivity index (χ0n) is 11.6. The number of hydrogen-bond acceptors (Lipinski definition) is 3. The Labute approximate surface area is 120 Å². The number of benzene rings is 1. The van der Waals surface area contributed by atoms with E-state index in [0.29, 0.717) is 11.7 Å². The predicted molar refractivity (Wildman–Crippen MR) is 83.5 cm³/mol. The number of hydrogen-bond donors (Lipinski definition) is 2. The summed E-state index contributed by atoms with van der Waals surface area (Å²) in [5, 5.41) is 7.95. The first-order valence-corrected chi connectivity index (χ1v) is 6.75. The lowest BCUT2D eigenvalue weighted by Crippen LogP contribution is -2.40. The molecule has 0 aliphatic rings. The fourth-order valence-electron chi connectivity index (χ4n) is 1.64. The van der Waals surface area contributed by atoms with Gasteiger partial charge in [-0.25, -0.2) is 0 Å². The van der Waals surface area contributed by atoms with Gasteiger partial charge in [-0.3, -0.25) is 5.43 Å². The van der Waals surface area contributed by atoms with Crippen LogP contribution in [0.25, 0.3) is 0 Å². The number of nitrogens with one attached hydrogen (secondary N) is 2. The van der Waals surface area contributed by atoms with Crippen LogP contribution in [0, 0.1) is 0 Å². The van der Waals surface area contributed by atoms with Crippen LogP contribution in [-0.2, 0) is 4.74 Å². The summed E-state index contributed by atoms with van der Waals surface area (Å²) in [5.74, 6) is 0. The zero-order valence-corrected chi connectivity index (χ0v) is 12.5. The van der Waals surface area contributed by atoms with Gasteiger partial charge in [-0.2, -0.15) is 5.10 Å². The summed E-state index contributed by atoms with van der Waals surface area (Å²) >= 11 is 5.18. The van der Waals surface area contributed by atoms with Crippen LogP contribution >= 0.6 is 12.2 Å². The van der Waals surface area contributed by atoms with Gasteiger partial charge in [-0.15, -0.1) is 0 Å². The van der Waals surface area contributed by atoms with Crippen LogP contribution in [0.15, 0.2) is 35.4 Å². The second-order valence-electron chi connectivity index (χ2n) is 4.22. The molecule has 104 valence electrons. The van der Waals surface area contributed by atoms with Crippen LogP contribution in [-0.4, -0.2) is 30.6 Å². The van der Waals surface area contributed by atoms with Crippen LogP contribution in [0.4, 0.5) is 0 Å². The van der Waals surface area contributed by atoms with E-state index >= 15 is 0 Å². The van der Waals surface area contributed by atoms with Gasteiger partial charge in [0.15, 0.2) is 5.11 Å². The van der Waals surface area contributed by atoms with Crippen molar-refractivity contribution in [1.82, 2.24) is 10.7 Å². The van der Waals surface area contributed by atoms with Crippen LogP contribution < -0.4 is 10.7 Å². The van der Waals surface area contributed by atoms with Crippen molar-refractivity contribution in [2.24, 2.45) is 5.10 Å². The van der Waals surface area contributed by atoms with E-state index in [9.17, 15) is 0 Å². The van der Waals surface area contributed by atoms with E-state index in [1.54, 1.807) is 7.11 Å². The van der Waals surface area contributed by atoms with Gasteiger partial charge in [0.2, 0.25) is 0 Å². The topological polar surface area (TPSA) is 45.7 Å². The molecule has 4 nitrogen and oxygen atoms in total. The minimum absolute atomic E-state index is 0.155. The summed E-state index contributed by atoms with van der Waals surface area (Å²) in [6, 6.07) is 10.2. The number of nitrogens with zero attached hydrogens (tertiary/aromatic N) is 1. The molecule has 0 saturated carbocycles. The highest BCUT2D eigenvalue weighted by Gasteiger charge is 2.04. The third-order valence-electron chi connectivity index (χ3n) is 2.53. The van der Waals surface area contributed by atoms with E-state index in [-0.39, 0.29) is 6.04 Å². The molecule has 0 aliphatic heterocycles. The molecule has 0 spiro atoms. The first kappa shape index (κ1) is 15.6. The van der Waals surface area contributed by atoms with Gasteiger partial charge in [-0.05, 0) is 31.1 Å². The van der Waals surface area contributed by atoms with Crippen molar-refractivity contribution in [2.45, 2.75) is 26.3 Å². The molecule has 0 unspecified atom stereocenters. The summed E-state index contributed by atoms with van der Waals surface area (Å²) in [6.45, 7) is 4.67. The third kappa shape index (κ3) is 5.81. The molecule has 1 atom stereocenters. The Hall–Kier alpha value is -1.46. The maximum absolute atomic E-state index is 5.18. The van der Waals surface area contributed by atoms with Crippen LogP contribution in [0.3, 0.4) is 0 Å². The standard InChI is InChI=1S/C14H21N3OS/c1-4-13(12-8-6-5-7-9-12)16-17-14(19)15-11(2)10-18-3/h5-9,11H,4,10H2,1-3H3,(H2,15,17,19)/b16-13-/t11-/m0/s1. The van der Waals surface area contributed by atoms with Crippen molar-refractivity contribution in [3.05, 3.63) is 35.9 Å². The SMILES string of the molecule is CC/C(=N/NC(=S)N[C@@H](C)COC)c1ccccc1. The molecule has 0 radical (unpaired) electrons. The van der Waals surface area contributed by atoms with Crippen LogP contribution in [0.5, 0.6) is 0 Å². The molecule has 5 heteroatoms. The molecular weight excluding hydrogens is 258 g/mol. The average Bonchev–Trinajstić information content (AvgIpc) is 2.41. The van der Waals surface area contributed by atoms with Crippen molar-refractivity contribution in [1.29, 1.82) is 0 Å². The van der Waals surface area contributed by atoms with E-state index in [2.05, 4.69) is 22.8 Å². The molecule has 2 N–H and O–H groups in total. The molecule has 0 aromatic heterocycles.